The van der Waals surface area contributed by atoms with Crippen molar-refractivity contribution in [3.05, 3.63) is 90.1 Å². The van der Waals surface area contributed by atoms with Gasteiger partial charge in [0.15, 0.2) is 0 Å². The third-order valence-electron chi connectivity index (χ3n) is 4.12. The second-order valence-electron chi connectivity index (χ2n) is 5.88. The number of benzene rings is 2. The Morgan fingerprint density at radius 2 is 1.58 bits per heavy atom. The molecule has 0 radical (unpaired) electrons. The molecule has 0 aliphatic carbocycles. The third-order valence-corrected chi connectivity index (χ3v) is 5.52. The molecule has 1 unspecified atom stereocenters. The molecule has 5 nitrogen and oxygen atoms in total. The second kappa shape index (κ2) is 8.12. The Kier molecular flexibility index (Phi) is 5.65. The summed E-state index contributed by atoms with van der Waals surface area (Å²) in [6.07, 6.45) is 2.15. The van der Waals surface area contributed by atoms with Gasteiger partial charge in [-0.2, -0.15) is 0 Å². The van der Waals surface area contributed by atoms with Crippen LogP contribution >= 0.6 is 0 Å². The van der Waals surface area contributed by atoms with E-state index in [1.54, 1.807) is 12.1 Å². The Balaban J connectivity index is 1.84. The molecule has 1 aromatic heterocycles. The van der Waals surface area contributed by atoms with E-state index >= 15 is 0 Å². The van der Waals surface area contributed by atoms with Gasteiger partial charge >= 0.3 is 0 Å². The van der Waals surface area contributed by atoms with Crippen molar-refractivity contribution in [3.63, 3.8) is 0 Å². The van der Waals surface area contributed by atoms with Crippen molar-refractivity contribution in [1.29, 1.82) is 0 Å². The fourth-order valence-electron chi connectivity index (χ4n) is 2.71. The molecule has 0 bridgehead atoms. The summed E-state index contributed by atoms with van der Waals surface area (Å²) in [5.41, 5.74) is 2.35. The first-order chi connectivity index (χ1) is 12.6. The molecular weight excluding hydrogens is 346 g/mol. The first-order valence-electron chi connectivity index (χ1n) is 8.33. The molecule has 2 N–H and O–H groups in total. The average molecular weight is 367 g/mol. The van der Waals surface area contributed by atoms with Crippen molar-refractivity contribution in [2.45, 2.75) is 17.4 Å². The van der Waals surface area contributed by atoms with Gasteiger partial charge in [-0.05, 0) is 36.7 Å². The molecule has 3 aromatic rings. The van der Waals surface area contributed by atoms with Gasteiger partial charge in [-0.1, -0.05) is 60.7 Å². The van der Waals surface area contributed by atoms with Gasteiger partial charge < -0.3 is 5.32 Å². The van der Waals surface area contributed by atoms with E-state index in [0.29, 0.717) is 5.82 Å². The van der Waals surface area contributed by atoms with E-state index in [0.717, 1.165) is 12.0 Å². The highest BCUT2D eigenvalue weighted by Gasteiger charge is 2.15. The van der Waals surface area contributed by atoms with Crippen LogP contribution in [0.3, 0.4) is 0 Å². The molecule has 134 valence electrons. The number of hydrogen-bond donors (Lipinski definition) is 2. The Labute approximate surface area is 154 Å². The molecule has 0 aliphatic rings. The number of nitrogens with zero attached hydrogens (tertiary/aromatic N) is 1. The van der Waals surface area contributed by atoms with Crippen molar-refractivity contribution in [3.8, 4) is 0 Å². The largest absolute Gasteiger partial charge is 0.363 e. The highest BCUT2D eigenvalue weighted by atomic mass is 32.2. The zero-order valence-electron chi connectivity index (χ0n) is 14.5. The zero-order valence-corrected chi connectivity index (χ0v) is 15.3. The molecule has 0 amide bonds. The van der Waals surface area contributed by atoms with Gasteiger partial charge in [-0.25, -0.2) is 18.1 Å². The van der Waals surface area contributed by atoms with Crippen LogP contribution in [-0.4, -0.2) is 20.4 Å². The smallest absolute Gasteiger partial charge is 0.241 e. The van der Waals surface area contributed by atoms with Crippen LogP contribution in [0.4, 0.5) is 5.82 Å². The number of anilines is 1. The standard InChI is InChI=1S/C20H21N3O2S/c1-21-26(24,25)18-12-13-20(22-15-18)23-19(17-10-6-3-7-11-17)14-16-8-4-2-5-9-16/h2-13,15,19,21H,14H2,1H3,(H,22,23). The molecule has 1 heterocycles. The predicted octanol–water partition coefficient (Wildman–Crippen LogP) is 3.39. The molecule has 2 aromatic carbocycles. The van der Waals surface area contributed by atoms with E-state index in [1.807, 2.05) is 36.4 Å². The number of pyridine rings is 1. The number of hydrogen-bond acceptors (Lipinski definition) is 4. The normalized spacial score (nSPS) is 12.5. The summed E-state index contributed by atoms with van der Waals surface area (Å²) < 4.78 is 25.9. The van der Waals surface area contributed by atoms with Gasteiger partial charge in [0.25, 0.3) is 0 Å². The monoisotopic (exact) mass is 367 g/mol. The summed E-state index contributed by atoms with van der Waals surface area (Å²) in [6, 6.07) is 23.6. The first-order valence-corrected chi connectivity index (χ1v) is 9.82. The fraction of sp³-hybridized carbons (Fsp3) is 0.150. The van der Waals surface area contributed by atoms with Gasteiger partial charge in [-0.3, -0.25) is 0 Å². The van der Waals surface area contributed by atoms with Gasteiger partial charge in [0.05, 0.1) is 6.04 Å². The Morgan fingerprint density at radius 3 is 2.15 bits per heavy atom. The lowest BCUT2D eigenvalue weighted by molar-refractivity contribution is 0.588. The average Bonchev–Trinajstić information content (AvgIpc) is 2.69. The summed E-state index contributed by atoms with van der Waals surface area (Å²) >= 11 is 0. The van der Waals surface area contributed by atoms with Crippen LogP contribution in [-0.2, 0) is 16.4 Å². The predicted molar refractivity (Wildman–Crippen MR) is 103 cm³/mol. The van der Waals surface area contributed by atoms with Gasteiger partial charge in [0.2, 0.25) is 10.0 Å². The SMILES string of the molecule is CNS(=O)(=O)c1ccc(NC(Cc2ccccc2)c2ccccc2)nc1. The van der Waals surface area contributed by atoms with E-state index in [1.165, 1.54) is 18.8 Å². The lowest BCUT2D eigenvalue weighted by Gasteiger charge is -2.20. The molecule has 1 atom stereocenters. The van der Waals surface area contributed by atoms with Crippen LogP contribution in [0.15, 0.2) is 83.9 Å². The third kappa shape index (κ3) is 4.47. The molecular formula is C20H21N3O2S. The topological polar surface area (TPSA) is 71.1 Å². The maximum Gasteiger partial charge on any atom is 0.241 e. The zero-order chi connectivity index (χ0) is 18.4. The van der Waals surface area contributed by atoms with Gasteiger partial charge in [0, 0.05) is 6.20 Å². The summed E-state index contributed by atoms with van der Waals surface area (Å²) in [7, 11) is -2.10. The van der Waals surface area contributed by atoms with Crippen molar-refractivity contribution in [2.24, 2.45) is 0 Å². The van der Waals surface area contributed by atoms with E-state index in [2.05, 4.69) is 39.3 Å². The summed E-state index contributed by atoms with van der Waals surface area (Å²) in [5.74, 6) is 0.629. The molecule has 6 heteroatoms. The fourth-order valence-corrected chi connectivity index (χ4v) is 3.38. The van der Waals surface area contributed by atoms with Gasteiger partial charge in [-0.15, -0.1) is 0 Å². The van der Waals surface area contributed by atoms with Crippen LogP contribution in [0, 0.1) is 0 Å². The molecule has 26 heavy (non-hydrogen) atoms. The Bertz CT molecular complexity index is 928. The Hall–Kier alpha value is -2.70. The lowest BCUT2D eigenvalue weighted by atomic mass is 9.99. The molecule has 0 saturated carbocycles. The molecule has 0 aliphatic heterocycles. The van der Waals surface area contributed by atoms with Crippen LogP contribution in [0.25, 0.3) is 0 Å². The van der Waals surface area contributed by atoms with Crippen LogP contribution in [0.5, 0.6) is 0 Å². The van der Waals surface area contributed by atoms with Crippen molar-refractivity contribution in [1.82, 2.24) is 9.71 Å². The van der Waals surface area contributed by atoms with E-state index < -0.39 is 10.0 Å². The minimum Gasteiger partial charge on any atom is -0.363 e. The summed E-state index contributed by atoms with van der Waals surface area (Å²) in [6.45, 7) is 0. The molecule has 3 rings (SSSR count). The second-order valence-corrected chi connectivity index (χ2v) is 7.77. The van der Waals surface area contributed by atoms with E-state index in [4.69, 9.17) is 0 Å². The molecule has 0 fully saturated rings. The highest BCUT2D eigenvalue weighted by Crippen LogP contribution is 2.23. The van der Waals surface area contributed by atoms with Crippen LogP contribution in [0.2, 0.25) is 0 Å². The van der Waals surface area contributed by atoms with Crippen molar-refractivity contribution < 1.29 is 8.42 Å². The minimum atomic E-state index is -3.48. The number of aromatic nitrogens is 1. The van der Waals surface area contributed by atoms with Crippen molar-refractivity contribution in [2.75, 3.05) is 12.4 Å². The lowest BCUT2D eigenvalue weighted by Crippen LogP contribution is -2.19. The highest BCUT2D eigenvalue weighted by molar-refractivity contribution is 7.89. The quantitative estimate of drug-likeness (QED) is 0.671. The van der Waals surface area contributed by atoms with Crippen molar-refractivity contribution >= 4 is 15.8 Å². The van der Waals surface area contributed by atoms with Crippen LogP contribution in [0.1, 0.15) is 17.2 Å². The van der Waals surface area contributed by atoms with Gasteiger partial charge in [0.1, 0.15) is 10.7 Å². The first kappa shape index (κ1) is 18.1. The van der Waals surface area contributed by atoms with E-state index in [-0.39, 0.29) is 10.9 Å². The maximum absolute atomic E-state index is 11.8. The summed E-state index contributed by atoms with van der Waals surface area (Å²) in [4.78, 5) is 4.41. The maximum atomic E-state index is 11.8. The van der Waals surface area contributed by atoms with E-state index in [9.17, 15) is 8.42 Å². The summed E-state index contributed by atoms with van der Waals surface area (Å²) in [5, 5.41) is 3.41. The number of sulfonamides is 1. The van der Waals surface area contributed by atoms with Crippen LogP contribution < -0.4 is 10.0 Å². The minimum absolute atomic E-state index is 0.0258. The Morgan fingerprint density at radius 1 is 0.923 bits per heavy atom. The number of nitrogens with one attached hydrogen (secondary N) is 2. The molecule has 0 saturated heterocycles. The number of rotatable bonds is 7. The molecule has 0 spiro atoms.